The number of benzene rings is 1. The summed E-state index contributed by atoms with van der Waals surface area (Å²) in [5, 5.41) is 0. The van der Waals surface area contributed by atoms with Gasteiger partial charge in [0, 0.05) is 18.5 Å². The fourth-order valence-electron chi connectivity index (χ4n) is 3.27. The Kier molecular flexibility index (Phi) is 2.32. The van der Waals surface area contributed by atoms with Crippen LogP contribution < -0.4 is 0 Å². The molecule has 0 radical (unpaired) electrons. The maximum Gasteiger partial charge on any atom is 0.0234 e. The molecule has 1 nitrogen and oxygen atoms in total. The van der Waals surface area contributed by atoms with Crippen molar-refractivity contribution >= 4 is 0 Å². The average molecular weight is 215 g/mol. The first-order valence-electron chi connectivity index (χ1n) is 6.54. The average Bonchev–Trinajstić information content (AvgIpc) is 2.98. The van der Waals surface area contributed by atoms with Crippen LogP contribution in [0, 0.1) is 0 Å². The number of likely N-dealkylation sites (N-methyl/N-ethyl adjacent to an activating group) is 1. The highest BCUT2D eigenvalue weighted by Gasteiger charge is 2.48. The normalized spacial score (nSPS) is 22.1. The quantitative estimate of drug-likeness (QED) is 0.732. The number of hydrogen-bond acceptors (Lipinski definition) is 1. The van der Waals surface area contributed by atoms with Crippen LogP contribution in [0.1, 0.15) is 42.9 Å². The Hall–Kier alpha value is -0.820. The number of nitrogens with zero attached hydrogens (tertiary/aromatic N) is 1. The van der Waals surface area contributed by atoms with Gasteiger partial charge in [0.25, 0.3) is 0 Å². The molecular formula is C15H21N. The smallest absolute Gasteiger partial charge is 0.0234 e. The van der Waals surface area contributed by atoms with Crippen LogP contribution in [0.25, 0.3) is 0 Å². The molecular weight excluding hydrogens is 194 g/mol. The van der Waals surface area contributed by atoms with Crippen LogP contribution in [0.5, 0.6) is 0 Å². The van der Waals surface area contributed by atoms with Crippen molar-refractivity contribution < 1.29 is 0 Å². The molecule has 1 spiro atoms. The van der Waals surface area contributed by atoms with Crippen molar-refractivity contribution in [2.45, 2.75) is 44.6 Å². The third-order valence-corrected chi connectivity index (χ3v) is 4.15. The molecule has 0 saturated heterocycles. The van der Waals surface area contributed by atoms with Crippen molar-refractivity contribution in [1.29, 1.82) is 0 Å². The lowest BCUT2D eigenvalue weighted by molar-refractivity contribution is 0.271. The van der Waals surface area contributed by atoms with E-state index in [1.165, 1.54) is 37.8 Å². The number of aryl methyl sites for hydroxylation is 1. The van der Waals surface area contributed by atoms with Gasteiger partial charge in [0.2, 0.25) is 0 Å². The molecule has 1 heteroatoms. The Labute approximate surface area is 98.5 Å². The lowest BCUT2D eigenvalue weighted by Crippen LogP contribution is -2.35. The first-order chi connectivity index (χ1) is 7.73. The van der Waals surface area contributed by atoms with Gasteiger partial charge in [-0.2, -0.15) is 0 Å². The van der Waals surface area contributed by atoms with E-state index in [0.29, 0.717) is 5.41 Å². The minimum Gasteiger partial charge on any atom is -0.301 e. The Morgan fingerprint density at radius 3 is 2.81 bits per heavy atom. The standard InChI is InChI=1S/C15H21N/c1-3-4-12-5-6-14-13(9-12)10-16(2)11-15(14)7-8-15/h5-6,9H,3-4,7-8,10-11H2,1-2H3. The topological polar surface area (TPSA) is 3.24 Å². The van der Waals surface area contributed by atoms with Crippen molar-refractivity contribution in [3.8, 4) is 0 Å². The second-order valence-corrected chi connectivity index (χ2v) is 5.69. The zero-order valence-electron chi connectivity index (χ0n) is 10.4. The van der Waals surface area contributed by atoms with E-state index in [1.54, 1.807) is 11.1 Å². The Morgan fingerprint density at radius 2 is 2.12 bits per heavy atom. The molecule has 1 aliphatic heterocycles. The molecule has 2 aliphatic rings. The van der Waals surface area contributed by atoms with Crippen molar-refractivity contribution in [2.24, 2.45) is 0 Å². The summed E-state index contributed by atoms with van der Waals surface area (Å²) in [5.41, 5.74) is 5.32. The molecule has 0 bridgehead atoms. The SMILES string of the molecule is CCCc1ccc2c(c1)CN(C)CC21CC1. The highest BCUT2D eigenvalue weighted by molar-refractivity contribution is 5.43. The second-order valence-electron chi connectivity index (χ2n) is 5.69. The maximum atomic E-state index is 2.49. The van der Waals surface area contributed by atoms with Gasteiger partial charge in [-0.15, -0.1) is 0 Å². The third kappa shape index (κ3) is 1.58. The van der Waals surface area contributed by atoms with Gasteiger partial charge in [-0.05, 0) is 43.0 Å². The molecule has 16 heavy (non-hydrogen) atoms. The largest absolute Gasteiger partial charge is 0.301 e. The van der Waals surface area contributed by atoms with Gasteiger partial charge in [-0.3, -0.25) is 0 Å². The maximum absolute atomic E-state index is 2.49. The summed E-state index contributed by atoms with van der Waals surface area (Å²) < 4.78 is 0. The van der Waals surface area contributed by atoms with E-state index in [1.807, 2.05) is 0 Å². The second kappa shape index (κ2) is 3.59. The molecule has 0 amide bonds. The van der Waals surface area contributed by atoms with E-state index in [4.69, 9.17) is 0 Å². The van der Waals surface area contributed by atoms with Crippen molar-refractivity contribution in [2.75, 3.05) is 13.6 Å². The van der Waals surface area contributed by atoms with Crippen LogP contribution in [0.15, 0.2) is 18.2 Å². The minimum atomic E-state index is 0.549. The van der Waals surface area contributed by atoms with E-state index in [0.717, 1.165) is 6.54 Å². The molecule has 0 atom stereocenters. The molecule has 1 aromatic carbocycles. The van der Waals surface area contributed by atoms with Crippen LogP contribution in [0.4, 0.5) is 0 Å². The Balaban J connectivity index is 1.99. The van der Waals surface area contributed by atoms with E-state index in [2.05, 4.69) is 37.1 Å². The van der Waals surface area contributed by atoms with Gasteiger partial charge >= 0.3 is 0 Å². The van der Waals surface area contributed by atoms with Gasteiger partial charge in [0.15, 0.2) is 0 Å². The van der Waals surface area contributed by atoms with Crippen LogP contribution in [0.2, 0.25) is 0 Å². The van der Waals surface area contributed by atoms with Crippen LogP contribution in [-0.2, 0) is 18.4 Å². The number of rotatable bonds is 2. The number of hydrogen-bond donors (Lipinski definition) is 0. The summed E-state index contributed by atoms with van der Waals surface area (Å²) in [6, 6.07) is 7.22. The number of fused-ring (bicyclic) bond motifs is 2. The van der Waals surface area contributed by atoms with Gasteiger partial charge in [-0.1, -0.05) is 31.5 Å². The molecule has 1 aliphatic carbocycles. The highest BCUT2D eigenvalue weighted by Crippen LogP contribution is 2.52. The molecule has 1 fully saturated rings. The Bertz CT molecular complexity index is 404. The lowest BCUT2D eigenvalue weighted by Gasteiger charge is -2.32. The summed E-state index contributed by atoms with van der Waals surface area (Å²) in [4.78, 5) is 2.49. The summed E-state index contributed by atoms with van der Waals surface area (Å²) in [7, 11) is 2.26. The predicted octanol–water partition coefficient (Wildman–Crippen LogP) is 3.12. The van der Waals surface area contributed by atoms with Gasteiger partial charge in [0.05, 0.1) is 0 Å². The van der Waals surface area contributed by atoms with E-state index >= 15 is 0 Å². The van der Waals surface area contributed by atoms with Crippen LogP contribution >= 0.6 is 0 Å². The summed E-state index contributed by atoms with van der Waals surface area (Å²) in [5.74, 6) is 0. The zero-order chi connectivity index (χ0) is 11.2. The molecule has 1 aromatic rings. The van der Waals surface area contributed by atoms with E-state index < -0.39 is 0 Å². The van der Waals surface area contributed by atoms with E-state index in [9.17, 15) is 0 Å². The van der Waals surface area contributed by atoms with Crippen LogP contribution in [-0.4, -0.2) is 18.5 Å². The van der Waals surface area contributed by atoms with Crippen molar-refractivity contribution in [1.82, 2.24) is 4.90 Å². The van der Waals surface area contributed by atoms with Crippen molar-refractivity contribution in [3.05, 3.63) is 34.9 Å². The minimum absolute atomic E-state index is 0.549. The Morgan fingerprint density at radius 1 is 1.31 bits per heavy atom. The fourth-order valence-corrected chi connectivity index (χ4v) is 3.27. The first-order valence-corrected chi connectivity index (χ1v) is 6.54. The molecule has 3 rings (SSSR count). The predicted molar refractivity (Wildman–Crippen MR) is 67.7 cm³/mol. The summed E-state index contributed by atoms with van der Waals surface area (Å²) >= 11 is 0. The van der Waals surface area contributed by atoms with Crippen LogP contribution in [0.3, 0.4) is 0 Å². The lowest BCUT2D eigenvalue weighted by atomic mass is 9.86. The molecule has 0 aromatic heterocycles. The third-order valence-electron chi connectivity index (χ3n) is 4.15. The molecule has 1 saturated carbocycles. The van der Waals surface area contributed by atoms with Crippen molar-refractivity contribution in [3.63, 3.8) is 0 Å². The first kappa shape index (κ1) is 10.3. The monoisotopic (exact) mass is 215 g/mol. The molecule has 0 N–H and O–H groups in total. The zero-order valence-corrected chi connectivity index (χ0v) is 10.4. The summed E-state index contributed by atoms with van der Waals surface area (Å²) in [6.07, 6.45) is 5.28. The van der Waals surface area contributed by atoms with E-state index in [-0.39, 0.29) is 0 Å². The van der Waals surface area contributed by atoms with Gasteiger partial charge in [-0.25, -0.2) is 0 Å². The molecule has 0 unspecified atom stereocenters. The van der Waals surface area contributed by atoms with Gasteiger partial charge < -0.3 is 4.90 Å². The van der Waals surface area contributed by atoms with Gasteiger partial charge in [0.1, 0.15) is 0 Å². The summed E-state index contributed by atoms with van der Waals surface area (Å²) in [6.45, 7) is 4.68. The molecule has 86 valence electrons. The fraction of sp³-hybridized carbons (Fsp3) is 0.600. The molecule has 1 heterocycles. The highest BCUT2D eigenvalue weighted by atomic mass is 15.1.